The molecule has 0 amide bonds. The Morgan fingerprint density at radius 1 is 1.27 bits per heavy atom. The molecular formula is C6H13F2NO2. The average molecular weight is 169 g/mol. The first-order valence-corrected chi connectivity index (χ1v) is 3.39. The average Bonchev–Trinajstić information content (AvgIpc) is 1.86. The van der Waals surface area contributed by atoms with Crippen molar-refractivity contribution in [3.05, 3.63) is 0 Å². The van der Waals surface area contributed by atoms with E-state index < -0.39 is 18.6 Å². The predicted octanol–water partition coefficient (Wildman–Crippen LogP) is -0.417. The van der Waals surface area contributed by atoms with Crippen LogP contribution in [0.1, 0.15) is 6.92 Å². The largest absolute Gasteiger partial charge is 0.392 e. The number of hydrogen-bond donors (Lipinski definition) is 3. The summed E-state index contributed by atoms with van der Waals surface area (Å²) >= 11 is 0. The lowest BCUT2D eigenvalue weighted by Gasteiger charge is -2.11. The normalized spacial score (nSPS) is 16.9. The second kappa shape index (κ2) is 5.40. The van der Waals surface area contributed by atoms with Crippen LogP contribution in [-0.2, 0) is 0 Å². The highest BCUT2D eigenvalue weighted by molar-refractivity contribution is 4.62. The van der Waals surface area contributed by atoms with E-state index in [0.29, 0.717) is 0 Å². The predicted molar refractivity (Wildman–Crippen MR) is 36.6 cm³/mol. The van der Waals surface area contributed by atoms with E-state index >= 15 is 0 Å². The number of aliphatic hydroxyl groups excluding tert-OH is 2. The molecule has 0 aromatic heterocycles. The van der Waals surface area contributed by atoms with Gasteiger partial charge in [0.25, 0.3) is 6.43 Å². The maximum Gasteiger partial charge on any atom is 0.265 e. The van der Waals surface area contributed by atoms with Gasteiger partial charge in [0.2, 0.25) is 0 Å². The van der Waals surface area contributed by atoms with Gasteiger partial charge in [-0.05, 0) is 6.92 Å². The van der Waals surface area contributed by atoms with E-state index in [2.05, 4.69) is 5.32 Å². The minimum Gasteiger partial charge on any atom is -0.392 e. The molecule has 0 aromatic carbocycles. The summed E-state index contributed by atoms with van der Waals surface area (Å²) < 4.78 is 23.2. The van der Waals surface area contributed by atoms with Crippen LogP contribution in [0.25, 0.3) is 0 Å². The molecule has 1 unspecified atom stereocenters. The maximum absolute atomic E-state index is 11.6. The Kier molecular flexibility index (Phi) is 5.27. The SMILES string of the molecule is C[C@@H](O)CNCC(O)C(F)F. The molecular weight excluding hydrogens is 156 g/mol. The highest BCUT2D eigenvalue weighted by Gasteiger charge is 2.15. The Hall–Kier alpha value is -0.260. The lowest BCUT2D eigenvalue weighted by molar-refractivity contribution is -0.00437. The molecule has 0 bridgehead atoms. The van der Waals surface area contributed by atoms with Crippen molar-refractivity contribution < 1.29 is 19.0 Å². The lowest BCUT2D eigenvalue weighted by atomic mass is 10.3. The molecule has 0 radical (unpaired) electrons. The summed E-state index contributed by atoms with van der Waals surface area (Å²) in [7, 11) is 0. The molecule has 0 rings (SSSR count). The molecule has 68 valence electrons. The number of hydrogen-bond acceptors (Lipinski definition) is 3. The molecule has 0 aliphatic heterocycles. The van der Waals surface area contributed by atoms with Crippen LogP contribution in [0.3, 0.4) is 0 Å². The fourth-order valence-corrected chi connectivity index (χ4v) is 0.529. The van der Waals surface area contributed by atoms with Crippen molar-refractivity contribution in [3.63, 3.8) is 0 Å². The van der Waals surface area contributed by atoms with Gasteiger partial charge in [-0.25, -0.2) is 8.78 Å². The Morgan fingerprint density at radius 3 is 2.18 bits per heavy atom. The van der Waals surface area contributed by atoms with E-state index in [0.717, 1.165) is 0 Å². The van der Waals surface area contributed by atoms with Gasteiger partial charge >= 0.3 is 0 Å². The molecule has 0 fully saturated rings. The molecule has 0 heterocycles. The third-order valence-corrected chi connectivity index (χ3v) is 1.08. The standard InChI is InChI=1S/C6H13F2NO2/c1-4(10)2-9-3-5(11)6(7)8/h4-6,9-11H,2-3H2,1H3/t4-,5?/m1/s1. The first-order chi connectivity index (χ1) is 5.04. The number of rotatable bonds is 5. The van der Waals surface area contributed by atoms with Crippen molar-refractivity contribution in [2.75, 3.05) is 13.1 Å². The molecule has 2 atom stereocenters. The Morgan fingerprint density at radius 2 is 1.82 bits per heavy atom. The first-order valence-electron chi connectivity index (χ1n) is 3.39. The van der Waals surface area contributed by atoms with Crippen molar-refractivity contribution in [2.24, 2.45) is 0 Å². The molecule has 3 nitrogen and oxygen atoms in total. The molecule has 0 spiro atoms. The van der Waals surface area contributed by atoms with Crippen LogP contribution in [0, 0.1) is 0 Å². The van der Waals surface area contributed by atoms with Crippen LogP contribution in [0.4, 0.5) is 8.78 Å². The van der Waals surface area contributed by atoms with Gasteiger partial charge in [-0.2, -0.15) is 0 Å². The van der Waals surface area contributed by atoms with Gasteiger partial charge in [0.05, 0.1) is 6.10 Å². The summed E-state index contributed by atoms with van der Waals surface area (Å²) in [6.45, 7) is 1.55. The topological polar surface area (TPSA) is 52.5 Å². The van der Waals surface area contributed by atoms with Gasteiger partial charge in [-0.1, -0.05) is 0 Å². The molecule has 0 aliphatic rings. The van der Waals surface area contributed by atoms with Gasteiger partial charge in [0, 0.05) is 13.1 Å². The summed E-state index contributed by atoms with van der Waals surface area (Å²) in [4.78, 5) is 0. The van der Waals surface area contributed by atoms with Crippen LogP contribution in [-0.4, -0.2) is 41.9 Å². The summed E-state index contributed by atoms with van der Waals surface area (Å²) in [6.07, 6.45) is -4.95. The maximum atomic E-state index is 11.6. The van der Waals surface area contributed by atoms with Gasteiger partial charge in [0.1, 0.15) is 6.10 Å². The quantitative estimate of drug-likeness (QED) is 0.524. The molecule has 0 aliphatic carbocycles. The summed E-state index contributed by atoms with van der Waals surface area (Å²) in [5.41, 5.74) is 0. The van der Waals surface area contributed by atoms with Crippen LogP contribution >= 0.6 is 0 Å². The van der Waals surface area contributed by atoms with Crippen molar-refractivity contribution in [3.8, 4) is 0 Å². The Labute approximate surface area is 64.0 Å². The van der Waals surface area contributed by atoms with E-state index in [4.69, 9.17) is 10.2 Å². The van der Waals surface area contributed by atoms with Crippen LogP contribution in [0.2, 0.25) is 0 Å². The first kappa shape index (κ1) is 10.7. The Bertz CT molecular complexity index is 101. The molecule has 0 saturated carbocycles. The van der Waals surface area contributed by atoms with Crippen LogP contribution in [0.5, 0.6) is 0 Å². The monoisotopic (exact) mass is 169 g/mol. The molecule has 0 aromatic rings. The molecule has 5 heteroatoms. The Balaban J connectivity index is 3.24. The van der Waals surface area contributed by atoms with E-state index in [9.17, 15) is 8.78 Å². The van der Waals surface area contributed by atoms with Crippen molar-refractivity contribution in [1.29, 1.82) is 0 Å². The molecule has 11 heavy (non-hydrogen) atoms. The third-order valence-electron chi connectivity index (χ3n) is 1.08. The number of halogens is 2. The summed E-state index contributed by atoms with van der Waals surface area (Å²) in [5.74, 6) is 0. The van der Waals surface area contributed by atoms with Crippen LogP contribution < -0.4 is 5.32 Å². The fourth-order valence-electron chi connectivity index (χ4n) is 0.529. The van der Waals surface area contributed by atoms with E-state index in [-0.39, 0.29) is 13.1 Å². The van der Waals surface area contributed by atoms with Gasteiger partial charge in [0.15, 0.2) is 0 Å². The second-order valence-electron chi connectivity index (χ2n) is 2.41. The zero-order chi connectivity index (χ0) is 8.85. The number of alkyl halides is 2. The second-order valence-corrected chi connectivity index (χ2v) is 2.41. The van der Waals surface area contributed by atoms with Crippen molar-refractivity contribution in [2.45, 2.75) is 25.6 Å². The zero-order valence-corrected chi connectivity index (χ0v) is 6.30. The van der Waals surface area contributed by atoms with Gasteiger partial charge in [-0.3, -0.25) is 0 Å². The third kappa shape index (κ3) is 6.15. The summed E-state index contributed by atoms with van der Waals surface area (Å²) in [6, 6.07) is 0. The van der Waals surface area contributed by atoms with E-state index in [1.165, 1.54) is 6.92 Å². The van der Waals surface area contributed by atoms with Crippen molar-refractivity contribution in [1.82, 2.24) is 5.32 Å². The van der Waals surface area contributed by atoms with E-state index in [1.807, 2.05) is 0 Å². The fraction of sp³-hybridized carbons (Fsp3) is 1.00. The lowest BCUT2D eigenvalue weighted by Crippen LogP contribution is -2.35. The van der Waals surface area contributed by atoms with Crippen molar-refractivity contribution >= 4 is 0 Å². The molecule has 0 saturated heterocycles. The van der Waals surface area contributed by atoms with Gasteiger partial charge < -0.3 is 15.5 Å². The minimum atomic E-state index is -2.73. The highest BCUT2D eigenvalue weighted by Crippen LogP contribution is 1.98. The summed E-state index contributed by atoms with van der Waals surface area (Å²) in [5, 5.41) is 19.7. The van der Waals surface area contributed by atoms with E-state index in [1.54, 1.807) is 0 Å². The van der Waals surface area contributed by atoms with Gasteiger partial charge in [-0.15, -0.1) is 0 Å². The number of nitrogens with one attached hydrogen (secondary N) is 1. The molecule has 3 N–H and O–H groups in total. The highest BCUT2D eigenvalue weighted by atomic mass is 19.3. The minimum absolute atomic E-state index is 0.192. The zero-order valence-electron chi connectivity index (χ0n) is 6.30. The van der Waals surface area contributed by atoms with Crippen LogP contribution in [0.15, 0.2) is 0 Å². The smallest absolute Gasteiger partial charge is 0.265 e. The number of aliphatic hydroxyl groups is 2.